The van der Waals surface area contributed by atoms with Crippen LogP contribution in [0.5, 0.6) is 5.75 Å². The Morgan fingerprint density at radius 3 is 2.67 bits per heavy atom. The van der Waals surface area contributed by atoms with E-state index in [0.29, 0.717) is 9.40 Å². The van der Waals surface area contributed by atoms with Crippen molar-refractivity contribution in [2.24, 2.45) is 0 Å². The third-order valence-electron chi connectivity index (χ3n) is 4.62. The normalized spacial score (nSPS) is 23.3. The number of halogens is 2. The van der Waals surface area contributed by atoms with E-state index in [2.05, 4.69) is 4.98 Å². The van der Waals surface area contributed by atoms with Crippen LogP contribution in [0.25, 0.3) is 0 Å². The molecule has 1 aliphatic heterocycles. The monoisotopic (exact) mass is 489 g/mol. The molecule has 178 valence electrons. The van der Waals surface area contributed by atoms with Gasteiger partial charge in [-0.3, -0.25) is 9.36 Å². The molecular weight excluding hydrogens is 469 g/mol. The summed E-state index contributed by atoms with van der Waals surface area (Å²) in [6, 6.07) is 7.44. The van der Waals surface area contributed by atoms with Gasteiger partial charge in [0.2, 0.25) is 6.23 Å². The number of hydrogen-bond donors (Lipinski definition) is 3. The van der Waals surface area contributed by atoms with E-state index in [9.17, 15) is 33.1 Å². The summed E-state index contributed by atoms with van der Waals surface area (Å²) in [5.74, 6) is -5.37. The molecule has 1 fully saturated rings. The Morgan fingerprint density at radius 1 is 1.39 bits per heavy atom. The van der Waals surface area contributed by atoms with Crippen molar-refractivity contribution in [1.29, 1.82) is 0 Å². The average Bonchev–Trinajstić information content (AvgIpc) is 2.99. The molecule has 4 N–H and O–H groups in total. The second-order valence-corrected chi connectivity index (χ2v) is 8.07. The summed E-state index contributed by atoms with van der Waals surface area (Å²) in [5.41, 5.74) is 4.22. The van der Waals surface area contributed by atoms with Crippen LogP contribution in [0, 0.1) is 0 Å². The highest BCUT2D eigenvalue weighted by Gasteiger charge is 2.60. The van der Waals surface area contributed by atoms with E-state index < -0.39 is 56.8 Å². The van der Waals surface area contributed by atoms with Gasteiger partial charge in [0, 0.05) is 6.20 Å². The summed E-state index contributed by atoms with van der Waals surface area (Å²) in [6.45, 7) is 0.341. The molecule has 0 spiro atoms. The van der Waals surface area contributed by atoms with Crippen LogP contribution in [-0.4, -0.2) is 61.3 Å². The van der Waals surface area contributed by atoms with Crippen molar-refractivity contribution < 1.29 is 42.5 Å². The fourth-order valence-corrected chi connectivity index (χ4v) is 3.77. The molecule has 0 amide bonds. The van der Waals surface area contributed by atoms with Crippen LogP contribution in [0.15, 0.2) is 47.4 Å². The van der Waals surface area contributed by atoms with Gasteiger partial charge in [-0.1, -0.05) is 18.2 Å². The van der Waals surface area contributed by atoms with Crippen molar-refractivity contribution in [2.45, 2.75) is 37.3 Å². The number of anilines is 1. The van der Waals surface area contributed by atoms with Crippen molar-refractivity contribution in [3.63, 3.8) is 0 Å². The number of aliphatic hydroxyl groups is 1. The van der Waals surface area contributed by atoms with E-state index in [-0.39, 0.29) is 11.6 Å². The Kier molecular flexibility index (Phi) is 7.34. The highest BCUT2D eigenvalue weighted by atomic mass is 31.1. The van der Waals surface area contributed by atoms with Crippen molar-refractivity contribution in [3.05, 3.63) is 53.1 Å². The smallest absolute Gasteiger partial charge is 0.480 e. The largest absolute Gasteiger partial charge is 0.653 e. The highest BCUT2D eigenvalue weighted by molar-refractivity contribution is 7.36. The molecule has 0 bridgehead atoms. The van der Waals surface area contributed by atoms with E-state index in [0.717, 1.165) is 12.3 Å². The Labute approximate surface area is 186 Å². The van der Waals surface area contributed by atoms with Gasteiger partial charge in [0.25, 0.3) is 0 Å². The van der Waals surface area contributed by atoms with Crippen molar-refractivity contribution >= 4 is 20.0 Å². The lowest BCUT2D eigenvalue weighted by Gasteiger charge is -2.20. The number of aliphatic hydroxyl groups excluding tert-OH is 1. The summed E-state index contributed by atoms with van der Waals surface area (Å²) in [5, 5.41) is 19.3. The number of hydrogen-bond acceptors (Lipinski definition) is 9. The number of carbonyl (C=O) groups is 1. The van der Waals surface area contributed by atoms with Gasteiger partial charge in [-0.25, -0.2) is 4.79 Å². The lowest BCUT2D eigenvalue weighted by molar-refractivity contribution is -0.148. The summed E-state index contributed by atoms with van der Waals surface area (Å²) >= 11 is 0. The molecule has 0 saturated carbocycles. The van der Waals surface area contributed by atoms with E-state index in [1.54, 1.807) is 18.2 Å². The number of hydroxylamine groups is 1. The van der Waals surface area contributed by atoms with Gasteiger partial charge >= 0.3 is 25.8 Å². The minimum atomic E-state index is -3.93. The number of nitrogen functional groups attached to an aromatic ring is 1. The summed E-state index contributed by atoms with van der Waals surface area (Å²) in [4.78, 5) is 32.5. The molecular formula is C18H20F2N4O8P+. The SMILES string of the molecule is CC(C(=O)O)N(Oc1ccccc1)[P+](=O)OC[C@H]1O[C@@H](n2ccc(N)nc2=O)C(F)(F)[C@@H]1O. The van der Waals surface area contributed by atoms with Crippen molar-refractivity contribution in [2.75, 3.05) is 12.3 Å². The molecule has 12 nitrogen and oxygen atoms in total. The Morgan fingerprint density at radius 2 is 2.06 bits per heavy atom. The second kappa shape index (κ2) is 9.85. The topological polar surface area (TPSA) is 166 Å². The van der Waals surface area contributed by atoms with Gasteiger partial charge in [0.15, 0.2) is 17.9 Å². The number of ether oxygens (including phenoxy) is 1. The minimum absolute atomic E-state index is 0.150. The zero-order valence-electron chi connectivity index (χ0n) is 17.0. The van der Waals surface area contributed by atoms with Crippen LogP contribution in [0.1, 0.15) is 13.2 Å². The van der Waals surface area contributed by atoms with Crippen LogP contribution in [-0.2, 0) is 18.6 Å². The van der Waals surface area contributed by atoms with E-state index in [4.69, 9.17) is 19.8 Å². The molecule has 0 radical (unpaired) electrons. The number of nitrogens with two attached hydrogens (primary N) is 1. The van der Waals surface area contributed by atoms with Gasteiger partial charge in [-0.05, 0) is 29.7 Å². The second-order valence-electron chi connectivity index (χ2n) is 6.94. The predicted octanol–water partition coefficient (Wildman–Crippen LogP) is 1.16. The maximum absolute atomic E-state index is 14.6. The van der Waals surface area contributed by atoms with Gasteiger partial charge < -0.3 is 25.5 Å². The fraction of sp³-hybridized carbons (Fsp3) is 0.389. The number of aromatic nitrogens is 2. The summed E-state index contributed by atoms with van der Waals surface area (Å²) in [7, 11) is -3.04. The zero-order chi connectivity index (χ0) is 24.3. The number of para-hydroxylation sites is 1. The lowest BCUT2D eigenvalue weighted by Crippen LogP contribution is -2.42. The number of rotatable bonds is 9. The quantitative estimate of drug-likeness (QED) is 0.342. The first-order valence-electron chi connectivity index (χ1n) is 9.43. The standard InChI is InChI=1S/C18H19F2N4O8P/c1-10(15(26)27)24(32-11-5-3-2-4-6-11)33(29)30-9-12-14(25)18(19,20)16(31-12)23-8-7-13(21)22-17(23)28/h2-8,10,12,14,16,25H,9H2,1H3,(H2-,21,22,26,27,28)/p+1/t10?,12-,14-,16-/m1/s1. The minimum Gasteiger partial charge on any atom is -0.480 e. The van der Waals surface area contributed by atoms with Gasteiger partial charge in [-0.2, -0.15) is 13.8 Å². The molecule has 0 aliphatic carbocycles. The van der Waals surface area contributed by atoms with E-state index in [1.165, 1.54) is 19.1 Å². The number of nitrogens with zero attached hydrogens (tertiary/aromatic N) is 3. The van der Waals surface area contributed by atoms with Crippen molar-refractivity contribution in [1.82, 2.24) is 14.4 Å². The van der Waals surface area contributed by atoms with Crippen LogP contribution in [0.2, 0.25) is 0 Å². The number of aliphatic carboxylic acids is 1. The molecule has 2 aromatic rings. The van der Waals surface area contributed by atoms with Crippen molar-refractivity contribution in [3.8, 4) is 5.75 Å². The number of carboxylic acid groups (broad SMARTS) is 1. The molecule has 2 heterocycles. The van der Waals surface area contributed by atoms with Gasteiger partial charge in [0.1, 0.15) is 23.4 Å². The first kappa shape index (κ1) is 24.6. The molecule has 1 aliphatic rings. The Balaban J connectivity index is 1.73. The Hall–Kier alpha value is -3.03. The third-order valence-corrected chi connectivity index (χ3v) is 5.74. The molecule has 1 saturated heterocycles. The van der Waals surface area contributed by atoms with E-state index in [1.807, 2.05) is 0 Å². The zero-order valence-corrected chi connectivity index (χ0v) is 17.9. The molecule has 3 rings (SSSR count). The van der Waals surface area contributed by atoms with Gasteiger partial charge in [-0.15, -0.1) is 4.52 Å². The first-order valence-corrected chi connectivity index (χ1v) is 10.6. The first-order chi connectivity index (χ1) is 15.5. The van der Waals surface area contributed by atoms with Crippen LogP contribution in [0.4, 0.5) is 14.6 Å². The molecule has 1 aromatic heterocycles. The summed E-state index contributed by atoms with van der Waals surface area (Å²) in [6.07, 6.45) is -5.44. The highest BCUT2D eigenvalue weighted by Crippen LogP contribution is 2.43. The molecule has 15 heteroatoms. The maximum Gasteiger partial charge on any atom is 0.653 e. The Bertz CT molecular complexity index is 1070. The molecule has 5 atom stereocenters. The molecule has 1 aromatic carbocycles. The van der Waals surface area contributed by atoms with Crippen LogP contribution < -0.4 is 16.3 Å². The number of alkyl halides is 2. The molecule has 33 heavy (non-hydrogen) atoms. The van der Waals surface area contributed by atoms with Crippen LogP contribution >= 0.6 is 8.18 Å². The predicted molar refractivity (Wildman–Crippen MR) is 107 cm³/mol. The number of carboxylic acids is 1. The number of benzene rings is 1. The average molecular weight is 489 g/mol. The van der Waals surface area contributed by atoms with Crippen LogP contribution in [0.3, 0.4) is 0 Å². The maximum atomic E-state index is 14.6. The van der Waals surface area contributed by atoms with Gasteiger partial charge in [0.05, 0.1) is 0 Å². The third kappa shape index (κ3) is 5.31. The lowest BCUT2D eigenvalue weighted by atomic mass is 10.1. The fourth-order valence-electron chi connectivity index (χ4n) is 2.84. The van der Waals surface area contributed by atoms with E-state index >= 15 is 0 Å². The molecule has 2 unspecified atom stereocenters. The summed E-state index contributed by atoms with van der Waals surface area (Å²) < 4.78 is 52.4.